The summed E-state index contributed by atoms with van der Waals surface area (Å²) >= 11 is 0. The molecule has 0 saturated heterocycles. The molecule has 0 radical (unpaired) electrons. The first-order valence-electron chi connectivity index (χ1n) is 10.3. The number of ether oxygens (including phenoxy) is 2. The lowest BCUT2D eigenvalue weighted by atomic mass is 10.1. The number of pyridine rings is 2. The van der Waals surface area contributed by atoms with Crippen molar-refractivity contribution in [2.45, 2.75) is 33.8 Å². The number of hydrogen-bond donors (Lipinski definition) is 0. The van der Waals surface area contributed by atoms with Crippen molar-refractivity contribution < 1.29 is 9.47 Å². The molecule has 0 amide bonds. The molecule has 3 heterocycles. The fourth-order valence-corrected chi connectivity index (χ4v) is 3.30. The summed E-state index contributed by atoms with van der Waals surface area (Å²) in [6, 6.07) is 8.14. The Bertz CT molecular complexity index is 1020. The highest BCUT2D eigenvalue weighted by atomic mass is 16.5. The van der Waals surface area contributed by atoms with Crippen molar-refractivity contribution in [3.8, 4) is 22.9 Å². The van der Waals surface area contributed by atoms with Crippen LogP contribution in [0.4, 0.5) is 5.82 Å². The van der Waals surface area contributed by atoms with E-state index in [1.807, 2.05) is 38.4 Å². The Hall–Kier alpha value is -3.11. The Labute approximate surface area is 177 Å². The third kappa shape index (κ3) is 4.89. The Morgan fingerprint density at radius 3 is 2.67 bits per heavy atom. The van der Waals surface area contributed by atoms with Crippen LogP contribution in [0, 0.1) is 17.2 Å². The second-order valence-corrected chi connectivity index (χ2v) is 7.81. The lowest BCUT2D eigenvalue weighted by Crippen LogP contribution is -2.30. The van der Waals surface area contributed by atoms with E-state index in [1.54, 1.807) is 16.9 Å². The van der Waals surface area contributed by atoms with Gasteiger partial charge >= 0.3 is 0 Å². The van der Waals surface area contributed by atoms with Gasteiger partial charge in [0.1, 0.15) is 17.6 Å². The molecule has 30 heavy (non-hydrogen) atoms. The van der Waals surface area contributed by atoms with Crippen LogP contribution in [0.5, 0.6) is 5.75 Å². The predicted octanol–water partition coefficient (Wildman–Crippen LogP) is 4.16. The van der Waals surface area contributed by atoms with Gasteiger partial charge in [-0.15, -0.1) is 0 Å². The minimum absolute atomic E-state index is 0.117. The van der Waals surface area contributed by atoms with Gasteiger partial charge in [-0.3, -0.25) is 0 Å². The molecule has 1 unspecified atom stereocenters. The van der Waals surface area contributed by atoms with Crippen LogP contribution in [0.3, 0.4) is 0 Å². The van der Waals surface area contributed by atoms with Gasteiger partial charge < -0.3 is 14.4 Å². The van der Waals surface area contributed by atoms with E-state index in [0.717, 1.165) is 35.6 Å². The molecule has 0 aliphatic rings. The fourth-order valence-electron chi connectivity index (χ4n) is 3.30. The fraction of sp³-hybridized carbons (Fsp3) is 0.435. The number of nitriles is 1. The Morgan fingerprint density at radius 2 is 2.03 bits per heavy atom. The lowest BCUT2D eigenvalue weighted by molar-refractivity contribution is 0.0524. The summed E-state index contributed by atoms with van der Waals surface area (Å²) in [6.45, 7) is 10.4. The van der Waals surface area contributed by atoms with Gasteiger partial charge in [-0.1, -0.05) is 13.8 Å². The topological polar surface area (TPSA) is 75.7 Å². The minimum Gasteiger partial charge on any atom is -0.492 e. The highest BCUT2D eigenvalue weighted by Crippen LogP contribution is 2.31. The molecule has 0 aromatic carbocycles. The van der Waals surface area contributed by atoms with Crippen molar-refractivity contribution in [1.82, 2.24) is 14.6 Å². The van der Waals surface area contributed by atoms with E-state index in [0.29, 0.717) is 23.8 Å². The lowest BCUT2D eigenvalue weighted by Gasteiger charge is -2.23. The molecule has 3 rings (SSSR count). The molecule has 158 valence electrons. The molecule has 7 heteroatoms. The molecule has 0 spiro atoms. The number of rotatable bonds is 9. The zero-order chi connectivity index (χ0) is 21.7. The van der Waals surface area contributed by atoms with Gasteiger partial charge in [-0.05, 0) is 38.0 Å². The summed E-state index contributed by atoms with van der Waals surface area (Å²) in [5.74, 6) is 2.08. The van der Waals surface area contributed by atoms with Crippen LogP contribution >= 0.6 is 0 Å². The molecule has 3 aromatic rings. The number of nitrogens with zero attached hydrogens (tertiary/aromatic N) is 5. The average Bonchev–Trinajstić information content (AvgIpc) is 3.15. The van der Waals surface area contributed by atoms with Gasteiger partial charge in [0.2, 0.25) is 0 Å². The second-order valence-electron chi connectivity index (χ2n) is 7.81. The SMILES string of the molecule is CCOc1cc(-c2ccc(N(C)CC(C)OCC(C)C)nc2)c2c(C#N)cnn2c1. The Morgan fingerprint density at radius 1 is 1.23 bits per heavy atom. The van der Waals surface area contributed by atoms with Crippen LogP contribution in [0.2, 0.25) is 0 Å². The van der Waals surface area contributed by atoms with E-state index in [9.17, 15) is 5.26 Å². The predicted molar refractivity (Wildman–Crippen MR) is 118 cm³/mol. The molecule has 1 atom stereocenters. The van der Waals surface area contributed by atoms with Crippen LogP contribution in [0.15, 0.2) is 36.8 Å². The Kier molecular flexibility index (Phi) is 6.91. The smallest absolute Gasteiger partial charge is 0.138 e. The van der Waals surface area contributed by atoms with Crippen LogP contribution < -0.4 is 9.64 Å². The molecule has 0 aliphatic carbocycles. The van der Waals surface area contributed by atoms with Crippen LogP contribution in [0.25, 0.3) is 16.6 Å². The monoisotopic (exact) mass is 407 g/mol. The summed E-state index contributed by atoms with van der Waals surface area (Å²) in [6.07, 6.45) is 5.30. The number of anilines is 1. The minimum atomic E-state index is 0.117. The van der Waals surface area contributed by atoms with Crippen molar-refractivity contribution in [1.29, 1.82) is 5.26 Å². The third-order valence-corrected chi connectivity index (χ3v) is 4.71. The normalized spacial score (nSPS) is 12.2. The van der Waals surface area contributed by atoms with Gasteiger partial charge in [-0.25, -0.2) is 9.50 Å². The molecule has 0 aliphatic heterocycles. The van der Waals surface area contributed by atoms with E-state index >= 15 is 0 Å². The molecule has 0 N–H and O–H groups in total. The standard InChI is InChI=1S/C23H29N5O2/c1-6-29-20-9-21(23-19(10-24)12-26-28(23)14-20)18-7-8-22(25-11-18)27(5)13-17(4)30-15-16(2)3/h7-9,11-12,14,16-17H,6,13,15H2,1-5H3. The third-order valence-electron chi connectivity index (χ3n) is 4.71. The van der Waals surface area contributed by atoms with Gasteiger partial charge in [0, 0.05) is 37.5 Å². The molecule has 0 fully saturated rings. The van der Waals surface area contributed by atoms with E-state index in [-0.39, 0.29) is 6.10 Å². The summed E-state index contributed by atoms with van der Waals surface area (Å²) in [4.78, 5) is 6.73. The van der Waals surface area contributed by atoms with Crippen molar-refractivity contribution in [2.75, 3.05) is 31.7 Å². The molecule has 3 aromatic heterocycles. The van der Waals surface area contributed by atoms with Gasteiger partial charge in [0.05, 0.1) is 36.2 Å². The summed E-state index contributed by atoms with van der Waals surface area (Å²) in [5, 5.41) is 13.8. The average molecular weight is 408 g/mol. The quantitative estimate of drug-likeness (QED) is 0.530. The molecular formula is C23H29N5O2. The first-order chi connectivity index (χ1) is 14.4. The zero-order valence-corrected chi connectivity index (χ0v) is 18.3. The van der Waals surface area contributed by atoms with E-state index in [4.69, 9.17) is 9.47 Å². The number of fused-ring (bicyclic) bond motifs is 1. The van der Waals surface area contributed by atoms with Crippen LogP contribution in [0.1, 0.15) is 33.3 Å². The van der Waals surface area contributed by atoms with Crippen molar-refractivity contribution >= 4 is 11.3 Å². The number of aromatic nitrogens is 3. The first-order valence-corrected chi connectivity index (χ1v) is 10.3. The highest BCUT2D eigenvalue weighted by molar-refractivity contribution is 5.85. The maximum Gasteiger partial charge on any atom is 0.138 e. The molecule has 0 saturated carbocycles. The van der Waals surface area contributed by atoms with Crippen molar-refractivity contribution in [3.63, 3.8) is 0 Å². The summed E-state index contributed by atoms with van der Waals surface area (Å²) < 4.78 is 13.2. The van der Waals surface area contributed by atoms with E-state index in [1.165, 1.54) is 0 Å². The molecule has 0 bridgehead atoms. The maximum atomic E-state index is 9.48. The highest BCUT2D eigenvalue weighted by Gasteiger charge is 2.15. The van der Waals surface area contributed by atoms with Crippen LogP contribution in [-0.2, 0) is 4.74 Å². The summed E-state index contributed by atoms with van der Waals surface area (Å²) in [5.41, 5.74) is 3.04. The van der Waals surface area contributed by atoms with Gasteiger partial charge in [-0.2, -0.15) is 10.4 Å². The van der Waals surface area contributed by atoms with Crippen LogP contribution in [-0.4, -0.2) is 47.5 Å². The van der Waals surface area contributed by atoms with Crippen molar-refractivity contribution in [3.05, 3.63) is 42.4 Å². The molecular weight excluding hydrogens is 378 g/mol. The largest absolute Gasteiger partial charge is 0.492 e. The Balaban J connectivity index is 1.86. The maximum absolute atomic E-state index is 9.48. The second kappa shape index (κ2) is 9.59. The van der Waals surface area contributed by atoms with E-state index < -0.39 is 0 Å². The number of hydrogen-bond acceptors (Lipinski definition) is 6. The van der Waals surface area contributed by atoms with Crippen molar-refractivity contribution in [2.24, 2.45) is 5.92 Å². The first kappa shape index (κ1) is 21.6. The van der Waals surface area contributed by atoms with Gasteiger partial charge in [0.25, 0.3) is 0 Å². The zero-order valence-electron chi connectivity index (χ0n) is 18.3. The van der Waals surface area contributed by atoms with Gasteiger partial charge in [0.15, 0.2) is 0 Å². The number of likely N-dealkylation sites (N-methyl/N-ethyl adjacent to an activating group) is 1. The van der Waals surface area contributed by atoms with E-state index in [2.05, 4.69) is 41.8 Å². The summed E-state index contributed by atoms with van der Waals surface area (Å²) in [7, 11) is 2.01. The molecule has 7 nitrogen and oxygen atoms in total.